The number of rotatable bonds is 4. The normalized spacial score (nSPS) is 10.9. The van der Waals surface area contributed by atoms with Gasteiger partial charge in [-0.15, -0.1) is 0 Å². The third kappa shape index (κ3) is 3.54. The maximum Gasteiger partial charge on any atom is 0.471 e. The van der Waals surface area contributed by atoms with Crippen molar-refractivity contribution in [2.45, 2.75) is 12.7 Å². The van der Waals surface area contributed by atoms with Gasteiger partial charge in [0, 0.05) is 12.1 Å². The molecule has 0 aliphatic carbocycles. The summed E-state index contributed by atoms with van der Waals surface area (Å²) >= 11 is 0. The quantitative estimate of drug-likeness (QED) is 0.902. The van der Waals surface area contributed by atoms with E-state index in [2.05, 4.69) is 0 Å². The topological polar surface area (TPSA) is 47.6 Å². The van der Waals surface area contributed by atoms with Gasteiger partial charge in [-0.3, -0.25) is 4.79 Å². The first-order valence-corrected chi connectivity index (χ1v) is 4.94. The molecule has 0 radical (unpaired) electrons. The van der Waals surface area contributed by atoms with Gasteiger partial charge in [0.1, 0.15) is 11.5 Å². The highest BCUT2D eigenvalue weighted by Crippen LogP contribution is 2.24. The molecule has 18 heavy (non-hydrogen) atoms. The molecule has 0 fully saturated rings. The molecule has 0 spiro atoms. The predicted octanol–water partition coefficient (Wildman–Crippen LogP) is 1.88. The van der Waals surface area contributed by atoms with Gasteiger partial charge >= 0.3 is 12.1 Å². The smallest absolute Gasteiger partial charge is 0.471 e. The van der Waals surface area contributed by atoms with Crippen molar-refractivity contribution < 1.29 is 27.4 Å². The molecule has 0 bridgehead atoms. The van der Waals surface area contributed by atoms with Gasteiger partial charge in [-0.1, -0.05) is 0 Å². The fraction of sp³-hybridized carbons (Fsp3) is 0.364. The number of hydrogen-bond acceptors (Lipinski definition) is 3. The van der Waals surface area contributed by atoms with Crippen LogP contribution >= 0.6 is 0 Å². The standard InChI is InChI=1S/C11H12F3NO3/c1-17-8-3-4-9(18-2)7(5-8)6-15-10(16)11(12,13)14/h3-5H,6H2,1-2H3,(H,15,16). The van der Waals surface area contributed by atoms with Crippen LogP contribution in [0.3, 0.4) is 0 Å². The van der Waals surface area contributed by atoms with E-state index in [0.29, 0.717) is 17.1 Å². The minimum absolute atomic E-state index is 0.293. The summed E-state index contributed by atoms with van der Waals surface area (Å²) < 4.78 is 45.9. The van der Waals surface area contributed by atoms with Crippen LogP contribution < -0.4 is 14.8 Å². The molecule has 1 rings (SSSR count). The Morgan fingerprint density at radius 1 is 1.28 bits per heavy atom. The number of alkyl halides is 3. The van der Waals surface area contributed by atoms with Crippen LogP contribution in [0.1, 0.15) is 5.56 Å². The predicted molar refractivity (Wildman–Crippen MR) is 57.4 cm³/mol. The van der Waals surface area contributed by atoms with Gasteiger partial charge in [0.2, 0.25) is 0 Å². The van der Waals surface area contributed by atoms with Gasteiger partial charge in [0.05, 0.1) is 14.2 Å². The van der Waals surface area contributed by atoms with Crippen molar-refractivity contribution in [3.8, 4) is 11.5 Å². The lowest BCUT2D eigenvalue weighted by Gasteiger charge is -2.12. The van der Waals surface area contributed by atoms with E-state index in [-0.39, 0.29) is 6.54 Å². The van der Waals surface area contributed by atoms with Crippen LogP contribution in [-0.4, -0.2) is 26.3 Å². The third-order valence-corrected chi connectivity index (χ3v) is 2.18. The first-order valence-electron chi connectivity index (χ1n) is 4.94. The number of amides is 1. The van der Waals surface area contributed by atoms with Crippen molar-refractivity contribution in [2.24, 2.45) is 0 Å². The summed E-state index contributed by atoms with van der Waals surface area (Å²) in [6, 6.07) is 4.65. The summed E-state index contributed by atoms with van der Waals surface area (Å²) in [5.74, 6) is -1.15. The Bertz CT molecular complexity index is 432. The van der Waals surface area contributed by atoms with Crippen molar-refractivity contribution in [1.82, 2.24) is 5.32 Å². The number of benzene rings is 1. The number of halogens is 3. The molecular weight excluding hydrogens is 251 g/mol. The van der Waals surface area contributed by atoms with Crippen molar-refractivity contribution in [3.05, 3.63) is 23.8 Å². The minimum atomic E-state index is -4.90. The van der Waals surface area contributed by atoms with Crippen LogP contribution in [-0.2, 0) is 11.3 Å². The van der Waals surface area contributed by atoms with E-state index in [9.17, 15) is 18.0 Å². The Morgan fingerprint density at radius 3 is 2.44 bits per heavy atom. The average Bonchev–Trinajstić information content (AvgIpc) is 2.34. The number of carbonyl (C=O) groups is 1. The molecule has 0 unspecified atom stereocenters. The molecule has 0 atom stereocenters. The molecule has 0 saturated heterocycles. The maximum absolute atomic E-state index is 12.0. The van der Waals surface area contributed by atoms with E-state index >= 15 is 0 Å². The van der Waals surface area contributed by atoms with Crippen molar-refractivity contribution >= 4 is 5.91 Å². The lowest BCUT2D eigenvalue weighted by atomic mass is 10.2. The van der Waals surface area contributed by atoms with Gasteiger partial charge < -0.3 is 14.8 Å². The van der Waals surface area contributed by atoms with Gasteiger partial charge in [0.25, 0.3) is 0 Å². The van der Waals surface area contributed by atoms with Gasteiger partial charge in [-0.25, -0.2) is 0 Å². The van der Waals surface area contributed by atoms with E-state index in [4.69, 9.17) is 9.47 Å². The zero-order valence-corrected chi connectivity index (χ0v) is 9.80. The molecule has 0 aliphatic rings. The Hall–Kier alpha value is -1.92. The minimum Gasteiger partial charge on any atom is -0.497 e. The summed E-state index contributed by atoms with van der Waals surface area (Å²) in [6.07, 6.45) is -4.90. The van der Waals surface area contributed by atoms with Gasteiger partial charge in [0.15, 0.2) is 0 Å². The second-order valence-corrected chi connectivity index (χ2v) is 3.36. The summed E-state index contributed by atoms with van der Waals surface area (Å²) in [7, 11) is 2.82. The monoisotopic (exact) mass is 263 g/mol. The Morgan fingerprint density at radius 2 is 1.94 bits per heavy atom. The molecule has 1 N–H and O–H groups in total. The summed E-state index contributed by atoms with van der Waals surface area (Å²) in [5.41, 5.74) is 0.398. The lowest BCUT2D eigenvalue weighted by Crippen LogP contribution is -2.36. The molecule has 0 aliphatic heterocycles. The van der Waals surface area contributed by atoms with E-state index in [0.717, 1.165) is 0 Å². The first kappa shape index (κ1) is 14.1. The SMILES string of the molecule is COc1ccc(OC)c(CNC(=O)C(F)(F)F)c1. The number of carbonyl (C=O) groups excluding carboxylic acids is 1. The summed E-state index contributed by atoms with van der Waals surface area (Å²) in [4.78, 5) is 10.7. The van der Waals surface area contributed by atoms with Crippen LogP contribution in [0.15, 0.2) is 18.2 Å². The van der Waals surface area contributed by atoms with E-state index < -0.39 is 12.1 Å². The number of ether oxygens (including phenoxy) is 2. The molecular formula is C11H12F3NO3. The number of methoxy groups -OCH3 is 2. The van der Waals surface area contributed by atoms with Crippen LogP contribution in [0.2, 0.25) is 0 Å². The Labute approximate surface area is 102 Å². The van der Waals surface area contributed by atoms with Gasteiger partial charge in [-0.05, 0) is 18.2 Å². The van der Waals surface area contributed by atoms with E-state index in [1.807, 2.05) is 0 Å². The molecule has 0 aromatic heterocycles. The van der Waals surface area contributed by atoms with Gasteiger partial charge in [-0.2, -0.15) is 13.2 Å². The second-order valence-electron chi connectivity index (χ2n) is 3.36. The molecule has 1 aromatic carbocycles. The highest BCUT2D eigenvalue weighted by atomic mass is 19.4. The molecule has 1 amide bonds. The molecule has 7 heteroatoms. The summed E-state index contributed by atoms with van der Waals surface area (Å²) in [5, 5.41) is 1.77. The fourth-order valence-electron chi connectivity index (χ4n) is 1.30. The molecule has 0 saturated carbocycles. The molecule has 1 aromatic rings. The van der Waals surface area contributed by atoms with Crippen LogP contribution in [0, 0.1) is 0 Å². The zero-order valence-electron chi connectivity index (χ0n) is 9.80. The third-order valence-electron chi connectivity index (χ3n) is 2.18. The Balaban J connectivity index is 2.80. The van der Waals surface area contributed by atoms with Crippen LogP contribution in [0.5, 0.6) is 11.5 Å². The van der Waals surface area contributed by atoms with Crippen molar-refractivity contribution in [1.29, 1.82) is 0 Å². The average molecular weight is 263 g/mol. The van der Waals surface area contributed by atoms with Crippen LogP contribution in [0.4, 0.5) is 13.2 Å². The van der Waals surface area contributed by atoms with E-state index in [1.165, 1.54) is 20.3 Å². The van der Waals surface area contributed by atoms with Crippen molar-refractivity contribution in [2.75, 3.05) is 14.2 Å². The number of hydrogen-bond donors (Lipinski definition) is 1. The first-order chi connectivity index (χ1) is 8.38. The van der Waals surface area contributed by atoms with Crippen molar-refractivity contribution in [3.63, 3.8) is 0 Å². The molecule has 0 heterocycles. The largest absolute Gasteiger partial charge is 0.497 e. The summed E-state index contributed by atoms with van der Waals surface area (Å²) in [6.45, 7) is -0.293. The highest BCUT2D eigenvalue weighted by molar-refractivity contribution is 5.81. The second kappa shape index (κ2) is 5.61. The number of nitrogens with one attached hydrogen (secondary N) is 1. The lowest BCUT2D eigenvalue weighted by molar-refractivity contribution is -0.173. The zero-order chi connectivity index (χ0) is 13.8. The highest BCUT2D eigenvalue weighted by Gasteiger charge is 2.38. The Kier molecular flexibility index (Phi) is 4.41. The van der Waals surface area contributed by atoms with E-state index in [1.54, 1.807) is 17.4 Å². The molecule has 100 valence electrons. The van der Waals surface area contributed by atoms with Crippen LogP contribution in [0.25, 0.3) is 0 Å². The fourth-order valence-corrected chi connectivity index (χ4v) is 1.30. The maximum atomic E-state index is 12.0. The molecule has 4 nitrogen and oxygen atoms in total.